The summed E-state index contributed by atoms with van der Waals surface area (Å²) in [5, 5.41) is 12.1. The monoisotopic (exact) mass is 359 g/mol. The van der Waals surface area contributed by atoms with Crippen LogP contribution in [0.15, 0.2) is 23.0 Å². The van der Waals surface area contributed by atoms with Crippen molar-refractivity contribution in [2.75, 3.05) is 0 Å². The lowest BCUT2D eigenvalue weighted by molar-refractivity contribution is -0.135. The van der Waals surface area contributed by atoms with E-state index in [1.165, 1.54) is 5.57 Å². The molecule has 3 aliphatic rings. The van der Waals surface area contributed by atoms with E-state index in [4.69, 9.17) is 0 Å². The molecule has 2 aliphatic carbocycles. The highest BCUT2D eigenvalue weighted by atomic mass is 16.3. The van der Waals surface area contributed by atoms with Gasteiger partial charge in [0.15, 0.2) is 11.5 Å². The number of imide groups is 1. The minimum Gasteiger partial charge on any atom is -0.502 e. The van der Waals surface area contributed by atoms with Crippen LogP contribution < -0.4 is 5.32 Å². The van der Waals surface area contributed by atoms with E-state index in [0.29, 0.717) is 11.8 Å². The molecule has 142 valence electrons. The zero-order chi connectivity index (χ0) is 19.2. The Kier molecular flexibility index (Phi) is 4.84. The van der Waals surface area contributed by atoms with Gasteiger partial charge in [-0.2, -0.15) is 0 Å². The molecule has 0 saturated heterocycles. The maximum Gasteiger partial charge on any atom is 0.293 e. The summed E-state index contributed by atoms with van der Waals surface area (Å²) < 4.78 is 0. The molecule has 1 aliphatic heterocycles. The molecule has 1 heterocycles. The number of allylic oxidation sites excluding steroid dienone is 2. The van der Waals surface area contributed by atoms with Crippen molar-refractivity contribution < 1.29 is 19.5 Å². The molecule has 2 N–H and O–H groups in total. The van der Waals surface area contributed by atoms with E-state index < -0.39 is 23.0 Å². The van der Waals surface area contributed by atoms with E-state index in [1.807, 2.05) is 6.92 Å². The molecule has 5 heteroatoms. The van der Waals surface area contributed by atoms with Crippen LogP contribution in [0.4, 0.5) is 0 Å². The van der Waals surface area contributed by atoms with Gasteiger partial charge in [-0.3, -0.25) is 19.7 Å². The van der Waals surface area contributed by atoms with Crippen LogP contribution in [0.25, 0.3) is 0 Å². The highest BCUT2D eigenvalue weighted by molar-refractivity contribution is 6.32. The van der Waals surface area contributed by atoms with Crippen molar-refractivity contribution in [1.29, 1.82) is 0 Å². The normalized spacial score (nSPS) is 37.3. The topological polar surface area (TPSA) is 83.5 Å². The van der Waals surface area contributed by atoms with Crippen LogP contribution in [-0.2, 0) is 14.4 Å². The third kappa shape index (κ3) is 2.72. The summed E-state index contributed by atoms with van der Waals surface area (Å²) >= 11 is 0. The number of carbonyl (C=O) groups is 3. The number of amides is 2. The van der Waals surface area contributed by atoms with Gasteiger partial charge in [-0.15, -0.1) is 0 Å². The van der Waals surface area contributed by atoms with Crippen LogP contribution in [0.5, 0.6) is 0 Å². The van der Waals surface area contributed by atoms with Gasteiger partial charge in [0.1, 0.15) is 5.57 Å². The largest absolute Gasteiger partial charge is 0.502 e. The molecule has 2 amide bonds. The van der Waals surface area contributed by atoms with E-state index in [-0.39, 0.29) is 23.2 Å². The Morgan fingerprint density at radius 3 is 2.58 bits per heavy atom. The number of nitrogens with one attached hydrogen (secondary N) is 1. The number of fused-ring (bicyclic) bond motifs is 1. The van der Waals surface area contributed by atoms with Crippen LogP contribution in [0.3, 0.4) is 0 Å². The van der Waals surface area contributed by atoms with E-state index >= 15 is 0 Å². The van der Waals surface area contributed by atoms with Crippen molar-refractivity contribution in [3.63, 3.8) is 0 Å². The second-order valence-corrected chi connectivity index (χ2v) is 8.56. The molecule has 0 bridgehead atoms. The van der Waals surface area contributed by atoms with Gasteiger partial charge in [0.25, 0.3) is 11.8 Å². The molecule has 0 aromatic rings. The van der Waals surface area contributed by atoms with Crippen LogP contribution in [0.2, 0.25) is 0 Å². The quantitative estimate of drug-likeness (QED) is 0.457. The molecule has 5 nitrogen and oxygen atoms in total. The smallest absolute Gasteiger partial charge is 0.293 e. The number of carbonyl (C=O) groups excluding carboxylic acids is 3. The summed E-state index contributed by atoms with van der Waals surface area (Å²) in [6, 6.07) is 0. The Bertz CT molecular complexity index is 720. The highest BCUT2D eigenvalue weighted by Gasteiger charge is 2.56. The summed E-state index contributed by atoms with van der Waals surface area (Å²) in [4.78, 5) is 37.5. The number of aliphatic hydroxyl groups excluding tert-OH is 1. The fraction of sp³-hybridized carbons (Fsp3) is 0.667. The standard InChI is InChI=1S/C21H29NO4/c1-5-6-14-12(3)10-13-9-11(2)7-8-15(13)21(14,4)18(24)16-17(23)20(26)22-19(16)25/h10-11,13-15H,5-9H2,1-4H3,(H2,22,23,25,26)/t11-,13-,14-,15-,21+/m1/s1. The van der Waals surface area contributed by atoms with Gasteiger partial charge in [0, 0.05) is 5.41 Å². The third-order valence-corrected chi connectivity index (χ3v) is 6.88. The number of ketones is 1. The fourth-order valence-electron chi connectivity index (χ4n) is 5.61. The van der Waals surface area contributed by atoms with Gasteiger partial charge in [-0.05, 0) is 49.9 Å². The first kappa shape index (κ1) is 18.9. The maximum absolute atomic E-state index is 13.6. The van der Waals surface area contributed by atoms with E-state index in [9.17, 15) is 19.5 Å². The molecule has 0 aromatic heterocycles. The second-order valence-electron chi connectivity index (χ2n) is 8.56. The average Bonchev–Trinajstić information content (AvgIpc) is 2.82. The molecule has 0 unspecified atom stereocenters. The first-order valence-electron chi connectivity index (χ1n) is 9.73. The number of hydrogen-bond donors (Lipinski definition) is 2. The Morgan fingerprint density at radius 2 is 2.00 bits per heavy atom. The van der Waals surface area contributed by atoms with Crippen LogP contribution in [0.1, 0.15) is 59.8 Å². The van der Waals surface area contributed by atoms with Gasteiger partial charge < -0.3 is 5.11 Å². The van der Waals surface area contributed by atoms with E-state index in [1.54, 1.807) is 0 Å². The lowest BCUT2D eigenvalue weighted by Gasteiger charge is -2.52. The summed E-state index contributed by atoms with van der Waals surface area (Å²) in [7, 11) is 0. The maximum atomic E-state index is 13.6. The van der Waals surface area contributed by atoms with Gasteiger partial charge >= 0.3 is 0 Å². The predicted molar refractivity (Wildman–Crippen MR) is 98.1 cm³/mol. The van der Waals surface area contributed by atoms with Gasteiger partial charge in [-0.25, -0.2) is 0 Å². The summed E-state index contributed by atoms with van der Waals surface area (Å²) in [6.07, 6.45) is 7.16. The van der Waals surface area contributed by atoms with Crippen molar-refractivity contribution in [3.8, 4) is 0 Å². The van der Waals surface area contributed by atoms with Crippen molar-refractivity contribution in [2.45, 2.75) is 59.8 Å². The van der Waals surface area contributed by atoms with Crippen molar-refractivity contribution in [2.24, 2.45) is 29.1 Å². The Labute approximate surface area is 154 Å². The van der Waals surface area contributed by atoms with Gasteiger partial charge in [0.05, 0.1) is 0 Å². The summed E-state index contributed by atoms with van der Waals surface area (Å²) in [5.74, 6) is -1.63. The first-order chi connectivity index (χ1) is 12.2. The molecular weight excluding hydrogens is 330 g/mol. The van der Waals surface area contributed by atoms with Crippen LogP contribution in [-0.4, -0.2) is 22.7 Å². The summed E-state index contributed by atoms with van der Waals surface area (Å²) in [5.41, 5.74) is 0.0822. The zero-order valence-electron chi connectivity index (χ0n) is 16.1. The molecule has 26 heavy (non-hydrogen) atoms. The molecule has 5 atom stereocenters. The minimum atomic E-state index is -0.870. The first-order valence-corrected chi connectivity index (χ1v) is 9.73. The number of hydrogen-bond acceptors (Lipinski definition) is 4. The second kappa shape index (κ2) is 6.67. The Morgan fingerprint density at radius 1 is 1.31 bits per heavy atom. The summed E-state index contributed by atoms with van der Waals surface area (Å²) in [6.45, 7) is 8.37. The molecule has 0 aromatic carbocycles. The number of rotatable bonds is 4. The SMILES string of the molecule is CCC[C@@H]1C(C)=C[C@H]2C[C@H](C)CC[C@H]2[C@@]1(C)C(=O)C1=C(O)C(=O)NC1=O. The Hall–Kier alpha value is -1.91. The van der Waals surface area contributed by atoms with Crippen molar-refractivity contribution in [3.05, 3.63) is 23.0 Å². The van der Waals surface area contributed by atoms with Crippen LogP contribution in [0, 0.1) is 29.1 Å². The number of Topliss-reactive ketones (excluding diaryl/α,β-unsaturated/α-hetero) is 1. The fourth-order valence-corrected chi connectivity index (χ4v) is 5.61. The molecule has 1 saturated carbocycles. The highest BCUT2D eigenvalue weighted by Crippen LogP contribution is 2.56. The molecule has 3 rings (SSSR count). The predicted octanol–water partition coefficient (Wildman–Crippen LogP) is 3.46. The minimum absolute atomic E-state index is 0.0264. The van der Waals surface area contributed by atoms with Crippen molar-refractivity contribution >= 4 is 17.6 Å². The van der Waals surface area contributed by atoms with E-state index in [2.05, 4.69) is 32.2 Å². The molecule has 0 spiro atoms. The lowest BCUT2D eigenvalue weighted by atomic mass is 9.50. The van der Waals surface area contributed by atoms with Gasteiger partial charge in [0.2, 0.25) is 0 Å². The Balaban J connectivity index is 2.10. The molecular formula is C21H29NO4. The van der Waals surface area contributed by atoms with Crippen molar-refractivity contribution in [1.82, 2.24) is 5.32 Å². The third-order valence-electron chi connectivity index (χ3n) is 6.88. The van der Waals surface area contributed by atoms with E-state index in [0.717, 1.165) is 32.1 Å². The molecule has 1 fully saturated rings. The zero-order valence-corrected chi connectivity index (χ0v) is 16.1. The average molecular weight is 359 g/mol. The molecule has 0 radical (unpaired) electrons. The van der Waals surface area contributed by atoms with Crippen LogP contribution >= 0.6 is 0 Å². The van der Waals surface area contributed by atoms with Gasteiger partial charge in [-0.1, -0.05) is 45.3 Å². The number of aliphatic hydroxyl groups is 1. The lowest BCUT2D eigenvalue weighted by Crippen LogP contribution is -2.51.